The summed E-state index contributed by atoms with van der Waals surface area (Å²) in [7, 11) is 0. The number of ether oxygens (including phenoxy) is 1. The molecule has 2 N–H and O–H groups in total. The monoisotopic (exact) mass is 274 g/mol. The molecule has 2 aliphatic rings. The molecule has 2 heterocycles. The van der Waals surface area contributed by atoms with E-state index >= 15 is 0 Å². The van der Waals surface area contributed by atoms with Crippen molar-refractivity contribution in [1.82, 2.24) is 15.0 Å². The molecule has 3 rings (SSSR count). The predicted octanol–water partition coefficient (Wildman–Crippen LogP) is 0.528. The van der Waals surface area contributed by atoms with Crippen LogP contribution in [-0.4, -0.2) is 47.4 Å². The molecule has 1 aromatic heterocycles. The van der Waals surface area contributed by atoms with Crippen molar-refractivity contribution < 1.29 is 9.26 Å². The first-order chi connectivity index (χ1) is 8.35. The highest BCUT2D eigenvalue weighted by atomic mass is 35.5. The van der Waals surface area contributed by atoms with Gasteiger partial charge in [-0.25, -0.2) is 0 Å². The van der Waals surface area contributed by atoms with E-state index in [0.717, 1.165) is 25.5 Å². The second-order valence-corrected chi connectivity index (χ2v) is 4.78. The first-order valence-electron chi connectivity index (χ1n) is 6.21. The molecule has 0 aromatic carbocycles. The molecule has 0 radical (unpaired) electrons. The number of halogens is 1. The summed E-state index contributed by atoms with van der Waals surface area (Å²) in [6.07, 6.45) is 2.53. The van der Waals surface area contributed by atoms with Crippen molar-refractivity contribution in [1.29, 1.82) is 0 Å². The van der Waals surface area contributed by atoms with Gasteiger partial charge in [0, 0.05) is 25.6 Å². The lowest BCUT2D eigenvalue weighted by atomic mass is 10.2. The summed E-state index contributed by atoms with van der Waals surface area (Å²) in [5, 5.41) is 4.01. The Hall–Kier alpha value is -0.690. The minimum absolute atomic E-state index is 0. The largest absolute Gasteiger partial charge is 0.374 e. The van der Waals surface area contributed by atoms with Crippen LogP contribution in [-0.2, 0) is 11.3 Å². The van der Waals surface area contributed by atoms with Crippen LogP contribution in [0.1, 0.15) is 30.5 Å². The molecular formula is C11H19ClN4O2. The Kier molecular flexibility index (Phi) is 4.55. The Balaban J connectivity index is 0.00000120. The molecule has 0 spiro atoms. The highest BCUT2D eigenvalue weighted by molar-refractivity contribution is 5.85. The van der Waals surface area contributed by atoms with Gasteiger partial charge in [-0.05, 0) is 12.8 Å². The van der Waals surface area contributed by atoms with Crippen molar-refractivity contribution in [2.45, 2.75) is 31.4 Å². The third-order valence-electron chi connectivity index (χ3n) is 3.27. The summed E-state index contributed by atoms with van der Waals surface area (Å²) in [5.74, 6) is 2.14. The standard InChI is InChI=1S/C11H18N4O2.ClH/c12-5-9-6-15(3-4-16-9)7-10-13-11(14-17-10)8-1-2-8;/h8-9H,1-7,12H2;1H. The fraction of sp³-hybridized carbons (Fsp3) is 0.818. The van der Waals surface area contributed by atoms with E-state index in [1.807, 2.05) is 0 Å². The molecule has 1 aromatic rings. The van der Waals surface area contributed by atoms with E-state index in [1.165, 1.54) is 12.8 Å². The number of hydrogen-bond acceptors (Lipinski definition) is 6. The highest BCUT2D eigenvalue weighted by Gasteiger charge is 2.29. The van der Waals surface area contributed by atoms with Gasteiger partial charge in [-0.2, -0.15) is 4.98 Å². The van der Waals surface area contributed by atoms with Gasteiger partial charge in [-0.15, -0.1) is 12.4 Å². The zero-order valence-corrected chi connectivity index (χ0v) is 11.1. The van der Waals surface area contributed by atoms with Crippen LogP contribution in [0.4, 0.5) is 0 Å². The maximum atomic E-state index is 5.61. The molecule has 2 fully saturated rings. The van der Waals surface area contributed by atoms with E-state index < -0.39 is 0 Å². The van der Waals surface area contributed by atoms with Crippen molar-refractivity contribution in [2.75, 3.05) is 26.2 Å². The molecule has 1 unspecified atom stereocenters. The lowest BCUT2D eigenvalue weighted by Crippen LogP contribution is -2.45. The predicted molar refractivity (Wildman–Crippen MR) is 67.6 cm³/mol. The smallest absolute Gasteiger partial charge is 0.240 e. The van der Waals surface area contributed by atoms with Crippen molar-refractivity contribution in [3.63, 3.8) is 0 Å². The maximum Gasteiger partial charge on any atom is 0.240 e. The van der Waals surface area contributed by atoms with Crippen LogP contribution in [0.3, 0.4) is 0 Å². The van der Waals surface area contributed by atoms with Crippen LogP contribution >= 0.6 is 12.4 Å². The molecular weight excluding hydrogens is 256 g/mol. The fourth-order valence-electron chi connectivity index (χ4n) is 2.10. The number of aromatic nitrogens is 2. The van der Waals surface area contributed by atoms with Crippen LogP contribution in [0, 0.1) is 0 Å². The minimum Gasteiger partial charge on any atom is -0.374 e. The average molecular weight is 275 g/mol. The van der Waals surface area contributed by atoms with Gasteiger partial charge < -0.3 is 15.0 Å². The van der Waals surface area contributed by atoms with Crippen LogP contribution in [0.25, 0.3) is 0 Å². The van der Waals surface area contributed by atoms with Gasteiger partial charge >= 0.3 is 0 Å². The van der Waals surface area contributed by atoms with Gasteiger partial charge in [-0.3, -0.25) is 4.90 Å². The molecule has 1 atom stereocenters. The van der Waals surface area contributed by atoms with Crippen molar-refractivity contribution in [3.05, 3.63) is 11.7 Å². The Morgan fingerprint density at radius 2 is 2.22 bits per heavy atom. The number of nitrogens with two attached hydrogens (primary N) is 1. The molecule has 0 amide bonds. The van der Waals surface area contributed by atoms with E-state index in [4.69, 9.17) is 15.0 Å². The first kappa shape index (κ1) is 13.7. The third-order valence-corrected chi connectivity index (χ3v) is 3.27. The topological polar surface area (TPSA) is 77.4 Å². The van der Waals surface area contributed by atoms with Gasteiger partial charge in [0.15, 0.2) is 5.82 Å². The number of hydrogen-bond donors (Lipinski definition) is 1. The number of nitrogens with zero attached hydrogens (tertiary/aromatic N) is 3. The molecule has 1 aliphatic carbocycles. The fourth-order valence-corrected chi connectivity index (χ4v) is 2.10. The first-order valence-corrected chi connectivity index (χ1v) is 6.21. The Morgan fingerprint density at radius 3 is 2.94 bits per heavy atom. The summed E-state index contributed by atoms with van der Waals surface area (Å²) >= 11 is 0. The summed E-state index contributed by atoms with van der Waals surface area (Å²) in [4.78, 5) is 6.68. The van der Waals surface area contributed by atoms with E-state index in [0.29, 0.717) is 24.9 Å². The Morgan fingerprint density at radius 1 is 1.39 bits per heavy atom. The zero-order chi connectivity index (χ0) is 11.7. The van der Waals surface area contributed by atoms with Crippen molar-refractivity contribution in [2.24, 2.45) is 5.73 Å². The molecule has 0 bridgehead atoms. The molecule has 1 aliphatic heterocycles. The second-order valence-electron chi connectivity index (χ2n) is 4.78. The van der Waals surface area contributed by atoms with Crippen LogP contribution in [0.2, 0.25) is 0 Å². The van der Waals surface area contributed by atoms with Gasteiger partial charge in [0.2, 0.25) is 5.89 Å². The van der Waals surface area contributed by atoms with E-state index in [9.17, 15) is 0 Å². The second kappa shape index (κ2) is 5.97. The van der Waals surface area contributed by atoms with E-state index in [2.05, 4.69) is 15.0 Å². The average Bonchev–Trinajstić information content (AvgIpc) is 3.11. The highest BCUT2D eigenvalue weighted by Crippen LogP contribution is 2.38. The SMILES string of the molecule is Cl.NCC1CN(Cc2nc(C3CC3)no2)CCO1. The molecule has 7 heteroatoms. The van der Waals surface area contributed by atoms with Crippen LogP contribution in [0.15, 0.2) is 4.52 Å². The molecule has 1 saturated carbocycles. The number of morpholine rings is 1. The molecule has 6 nitrogen and oxygen atoms in total. The van der Waals surface area contributed by atoms with Gasteiger partial charge in [-0.1, -0.05) is 5.16 Å². The van der Waals surface area contributed by atoms with Gasteiger partial charge in [0.25, 0.3) is 0 Å². The van der Waals surface area contributed by atoms with E-state index in [1.54, 1.807) is 0 Å². The Bertz CT molecular complexity index is 383. The summed E-state index contributed by atoms with van der Waals surface area (Å²) in [6.45, 7) is 3.74. The lowest BCUT2D eigenvalue weighted by molar-refractivity contribution is -0.0288. The summed E-state index contributed by atoms with van der Waals surface area (Å²) in [5.41, 5.74) is 5.61. The van der Waals surface area contributed by atoms with Gasteiger partial charge in [0.1, 0.15) is 0 Å². The minimum atomic E-state index is 0. The van der Waals surface area contributed by atoms with Crippen molar-refractivity contribution in [3.8, 4) is 0 Å². The van der Waals surface area contributed by atoms with E-state index in [-0.39, 0.29) is 18.5 Å². The van der Waals surface area contributed by atoms with Gasteiger partial charge in [0.05, 0.1) is 19.3 Å². The maximum absolute atomic E-state index is 5.61. The molecule has 1 saturated heterocycles. The Labute approximate surface area is 112 Å². The molecule has 102 valence electrons. The van der Waals surface area contributed by atoms with Crippen LogP contribution < -0.4 is 5.73 Å². The van der Waals surface area contributed by atoms with Crippen LogP contribution in [0.5, 0.6) is 0 Å². The van der Waals surface area contributed by atoms with Crippen molar-refractivity contribution >= 4 is 12.4 Å². The summed E-state index contributed by atoms with van der Waals surface area (Å²) < 4.78 is 10.8. The normalized spacial score (nSPS) is 24.8. The quantitative estimate of drug-likeness (QED) is 0.863. The zero-order valence-electron chi connectivity index (χ0n) is 10.2. The third kappa shape index (κ3) is 3.20. The lowest BCUT2D eigenvalue weighted by Gasteiger charge is -2.31. The number of rotatable bonds is 4. The summed E-state index contributed by atoms with van der Waals surface area (Å²) in [6, 6.07) is 0. The molecule has 18 heavy (non-hydrogen) atoms.